The third-order valence-corrected chi connectivity index (χ3v) is 5.13. The zero-order chi connectivity index (χ0) is 19.4. The fraction of sp³-hybridized carbons (Fsp3) is 0.429. The van der Waals surface area contributed by atoms with E-state index in [4.69, 9.17) is 5.11 Å². The fourth-order valence-electron chi connectivity index (χ4n) is 3.76. The smallest absolute Gasteiger partial charge is 0.218 e. The van der Waals surface area contributed by atoms with Crippen LogP contribution < -0.4 is 0 Å². The first-order valence-electron chi connectivity index (χ1n) is 9.29. The van der Waals surface area contributed by atoms with Gasteiger partial charge in [0.2, 0.25) is 11.7 Å². The van der Waals surface area contributed by atoms with Crippen molar-refractivity contribution < 1.29 is 14.3 Å². The van der Waals surface area contributed by atoms with E-state index in [9.17, 15) is 9.18 Å². The monoisotopic (exact) mass is 371 g/mol. The maximum atomic E-state index is 14.3. The van der Waals surface area contributed by atoms with E-state index in [1.165, 1.54) is 11.6 Å². The molecular formula is C21H26FN3O2. The summed E-state index contributed by atoms with van der Waals surface area (Å²) in [4.78, 5) is 19.9. The molecule has 2 atom stereocenters. The van der Waals surface area contributed by atoms with Gasteiger partial charge in [0.25, 0.3) is 0 Å². The van der Waals surface area contributed by atoms with E-state index in [1.807, 2.05) is 6.07 Å². The van der Waals surface area contributed by atoms with Crippen LogP contribution in [0.4, 0.5) is 4.39 Å². The van der Waals surface area contributed by atoms with E-state index in [0.29, 0.717) is 24.2 Å². The van der Waals surface area contributed by atoms with Gasteiger partial charge in [-0.15, -0.1) is 0 Å². The second-order valence-electron chi connectivity index (χ2n) is 7.28. The minimum absolute atomic E-state index is 0.0341. The van der Waals surface area contributed by atoms with Gasteiger partial charge in [-0.25, -0.2) is 4.98 Å². The lowest BCUT2D eigenvalue weighted by Crippen LogP contribution is -2.55. The normalized spacial score (nSPS) is 21.3. The highest BCUT2D eigenvalue weighted by Gasteiger charge is 2.29. The van der Waals surface area contributed by atoms with Gasteiger partial charge in [0.15, 0.2) is 0 Å². The molecule has 144 valence electrons. The summed E-state index contributed by atoms with van der Waals surface area (Å²) in [5, 5.41) is 8.87. The summed E-state index contributed by atoms with van der Waals surface area (Å²) in [7, 11) is 0. The van der Waals surface area contributed by atoms with Gasteiger partial charge in [-0.05, 0) is 25.5 Å². The van der Waals surface area contributed by atoms with Gasteiger partial charge < -0.3 is 5.11 Å². The predicted octanol–water partition coefficient (Wildman–Crippen LogP) is 2.49. The van der Waals surface area contributed by atoms with E-state index in [2.05, 4.69) is 52.9 Å². The van der Waals surface area contributed by atoms with Crippen LogP contribution in [0.25, 0.3) is 0 Å². The van der Waals surface area contributed by atoms with Crippen LogP contribution in [0.3, 0.4) is 0 Å². The van der Waals surface area contributed by atoms with Crippen molar-refractivity contribution in [2.75, 3.05) is 19.7 Å². The number of Topliss-reactive ketones (excluding diaryl/α,β-unsaturated/α-hetero) is 1. The molecule has 1 N–H and O–H groups in total. The summed E-state index contributed by atoms with van der Waals surface area (Å²) in [6.45, 7) is 6.78. The predicted molar refractivity (Wildman–Crippen MR) is 102 cm³/mol. The number of benzene rings is 1. The molecule has 0 aliphatic carbocycles. The van der Waals surface area contributed by atoms with Crippen molar-refractivity contribution in [3.8, 4) is 0 Å². The van der Waals surface area contributed by atoms with E-state index in [1.54, 1.807) is 6.07 Å². The first-order valence-corrected chi connectivity index (χ1v) is 9.29. The quantitative estimate of drug-likeness (QED) is 0.625. The molecule has 1 aromatic heterocycles. The largest absolute Gasteiger partial charge is 0.388 e. The minimum atomic E-state index is -0.663. The zero-order valence-electron chi connectivity index (χ0n) is 15.8. The molecule has 0 unspecified atom stereocenters. The number of piperazine rings is 1. The highest BCUT2D eigenvalue weighted by molar-refractivity contribution is 5.95. The number of hydrogen-bond donors (Lipinski definition) is 1. The number of carbonyl (C=O) groups is 1. The van der Waals surface area contributed by atoms with Crippen LogP contribution in [0.5, 0.6) is 0 Å². The van der Waals surface area contributed by atoms with Crippen molar-refractivity contribution in [1.82, 2.24) is 14.8 Å². The van der Waals surface area contributed by atoms with E-state index >= 15 is 0 Å². The second kappa shape index (κ2) is 8.69. The first-order chi connectivity index (χ1) is 13.0. The molecular weight excluding hydrogens is 345 g/mol. The average Bonchev–Trinajstić information content (AvgIpc) is 2.66. The number of aliphatic hydroxyl groups excluding tert-OH is 1. The second-order valence-corrected chi connectivity index (χ2v) is 7.28. The van der Waals surface area contributed by atoms with Crippen molar-refractivity contribution in [2.45, 2.75) is 39.0 Å². The molecule has 1 aliphatic rings. The molecule has 5 nitrogen and oxygen atoms in total. The summed E-state index contributed by atoms with van der Waals surface area (Å²) < 4.78 is 14.3. The molecule has 0 spiro atoms. The molecule has 6 heteroatoms. The Hall–Kier alpha value is -2.15. The summed E-state index contributed by atoms with van der Waals surface area (Å²) in [5.74, 6) is -1.21. The maximum Gasteiger partial charge on any atom is 0.218 e. The van der Waals surface area contributed by atoms with E-state index in [0.717, 1.165) is 19.6 Å². The van der Waals surface area contributed by atoms with Crippen LogP contribution in [0.1, 0.15) is 35.5 Å². The van der Waals surface area contributed by atoms with Crippen LogP contribution >= 0.6 is 0 Å². The van der Waals surface area contributed by atoms with Crippen molar-refractivity contribution in [3.05, 3.63) is 65.2 Å². The number of aliphatic hydroxyl groups is 1. The zero-order valence-corrected chi connectivity index (χ0v) is 15.8. The molecule has 1 fully saturated rings. The molecule has 0 amide bonds. The average molecular weight is 371 g/mol. The topological polar surface area (TPSA) is 56.7 Å². The Morgan fingerprint density at radius 1 is 1.11 bits per heavy atom. The first kappa shape index (κ1) is 19.6. The minimum Gasteiger partial charge on any atom is -0.388 e. The third kappa shape index (κ3) is 4.77. The van der Waals surface area contributed by atoms with Crippen LogP contribution in [0, 0.1) is 5.95 Å². The lowest BCUT2D eigenvalue weighted by atomic mass is 10.1. The molecule has 27 heavy (non-hydrogen) atoms. The fourth-order valence-corrected chi connectivity index (χ4v) is 3.76. The number of aromatic nitrogens is 1. The summed E-state index contributed by atoms with van der Waals surface area (Å²) in [6, 6.07) is 14.2. The number of ketones is 1. The number of nitrogens with zero attached hydrogens (tertiary/aromatic N) is 3. The Labute approximate surface area is 159 Å². The summed E-state index contributed by atoms with van der Waals surface area (Å²) in [5.41, 5.74) is 1.73. The van der Waals surface area contributed by atoms with Crippen molar-refractivity contribution in [2.24, 2.45) is 0 Å². The van der Waals surface area contributed by atoms with E-state index in [-0.39, 0.29) is 5.69 Å². The molecule has 0 saturated carbocycles. The SMILES string of the molecule is C[C@@H]1CN(Cc2ccc(C(=O)CO)nc2F)C[C@H](C)N1Cc1ccccc1. The lowest BCUT2D eigenvalue weighted by molar-refractivity contribution is 0.0284. The number of rotatable bonds is 6. The molecule has 2 heterocycles. The maximum absolute atomic E-state index is 14.3. The van der Waals surface area contributed by atoms with Gasteiger partial charge >= 0.3 is 0 Å². The van der Waals surface area contributed by atoms with Gasteiger partial charge in [-0.1, -0.05) is 36.4 Å². The summed E-state index contributed by atoms with van der Waals surface area (Å²) >= 11 is 0. The van der Waals surface area contributed by atoms with Gasteiger partial charge in [-0.2, -0.15) is 4.39 Å². The molecule has 3 rings (SSSR count). The summed E-state index contributed by atoms with van der Waals surface area (Å²) in [6.07, 6.45) is 0. The highest BCUT2D eigenvalue weighted by atomic mass is 19.1. The van der Waals surface area contributed by atoms with Gasteiger partial charge in [0, 0.05) is 43.8 Å². The Morgan fingerprint density at radius 2 is 1.78 bits per heavy atom. The standard InChI is InChI=1S/C21H26FN3O2/c1-15-10-24(11-16(2)25(15)12-17-6-4-3-5-7-17)13-18-8-9-19(20(27)14-26)23-21(18)22/h3-9,15-16,26H,10-14H2,1-2H3/t15-,16+. The van der Waals surface area contributed by atoms with Crippen molar-refractivity contribution >= 4 is 5.78 Å². The third-order valence-electron chi connectivity index (χ3n) is 5.13. The van der Waals surface area contributed by atoms with E-state index < -0.39 is 18.3 Å². The van der Waals surface area contributed by atoms with Crippen molar-refractivity contribution in [1.29, 1.82) is 0 Å². The van der Waals surface area contributed by atoms with Crippen LogP contribution in [-0.4, -0.2) is 57.5 Å². The van der Waals surface area contributed by atoms with Crippen LogP contribution in [0.15, 0.2) is 42.5 Å². The highest BCUT2D eigenvalue weighted by Crippen LogP contribution is 2.21. The Kier molecular flexibility index (Phi) is 6.31. The lowest BCUT2D eigenvalue weighted by Gasteiger charge is -2.44. The number of halogens is 1. The van der Waals surface area contributed by atoms with Gasteiger partial charge in [-0.3, -0.25) is 14.6 Å². The van der Waals surface area contributed by atoms with Gasteiger partial charge in [0.05, 0.1) is 0 Å². The molecule has 1 saturated heterocycles. The molecule has 0 bridgehead atoms. The number of hydrogen-bond acceptors (Lipinski definition) is 5. The van der Waals surface area contributed by atoms with Gasteiger partial charge in [0.1, 0.15) is 12.3 Å². The van der Waals surface area contributed by atoms with Crippen LogP contribution in [-0.2, 0) is 13.1 Å². The molecule has 2 aromatic rings. The van der Waals surface area contributed by atoms with Crippen LogP contribution in [0.2, 0.25) is 0 Å². The van der Waals surface area contributed by atoms with Crippen molar-refractivity contribution in [3.63, 3.8) is 0 Å². The Morgan fingerprint density at radius 3 is 2.37 bits per heavy atom. The molecule has 0 radical (unpaired) electrons. The molecule has 1 aliphatic heterocycles. The Bertz CT molecular complexity index is 772. The molecule has 1 aromatic carbocycles. The number of carbonyl (C=O) groups excluding carboxylic acids is 1. The Balaban J connectivity index is 1.64. The number of pyridine rings is 1.